The summed E-state index contributed by atoms with van der Waals surface area (Å²) in [6.45, 7) is 0.253. The van der Waals surface area contributed by atoms with Crippen molar-refractivity contribution in [2.75, 3.05) is 6.61 Å². The second-order valence-electron chi connectivity index (χ2n) is 4.83. The number of aliphatic hydroxyl groups is 1. The summed E-state index contributed by atoms with van der Waals surface area (Å²) in [5, 5.41) is 38.7. The second kappa shape index (κ2) is 4.61. The van der Waals surface area contributed by atoms with Gasteiger partial charge in [0, 0.05) is 17.5 Å². The van der Waals surface area contributed by atoms with E-state index in [1.165, 1.54) is 12.1 Å². The number of phenols is 3. The zero-order chi connectivity index (χ0) is 14.3. The molecule has 2 aromatic rings. The van der Waals surface area contributed by atoms with Crippen molar-refractivity contribution in [1.82, 2.24) is 0 Å². The number of fused-ring (bicyclic) bond motifs is 1. The summed E-state index contributed by atoms with van der Waals surface area (Å²) >= 11 is 0. The van der Waals surface area contributed by atoms with Gasteiger partial charge in [-0.15, -0.1) is 0 Å². The Morgan fingerprint density at radius 1 is 0.950 bits per heavy atom. The maximum absolute atomic E-state index is 10.4. The van der Waals surface area contributed by atoms with Gasteiger partial charge in [-0.05, 0) is 23.8 Å². The van der Waals surface area contributed by atoms with Crippen LogP contribution in [0.2, 0.25) is 0 Å². The fourth-order valence-electron chi connectivity index (χ4n) is 2.42. The molecule has 1 aliphatic rings. The maximum Gasteiger partial charge on any atom is 0.161 e. The van der Waals surface area contributed by atoms with Gasteiger partial charge in [-0.3, -0.25) is 0 Å². The van der Waals surface area contributed by atoms with Crippen molar-refractivity contribution in [3.05, 3.63) is 47.5 Å². The smallest absolute Gasteiger partial charge is 0.161 e. The Hall–Kier alpha value is -2.40. The predicted molar refractivity (Wildman–Crippen MR) is 71.1 cm³/mol. The van der Waals surface area contributed by atoms with Crippen molar-refractivity contribution in [2.45, 2.75) is 12.0 Å². The Morgan fingerprint density at radius 3 is 2.30 bits per heavy atom. The Kier molecular flexibility index (Phi) is 2.91. The fraction of sp³-hybridized carbons (Fsp3) is 0.200. The molecule has 0 fully saturated rings. The largest absolute Gasteiger partial charge is 0.508 e. The Morgan fingerprint density at radius 2 is 1.60 bits per heavy atom. The number of aromatic hydroxyl groups is 3. The lowest BCUT2D eigenvalue weighted by Crippen LogP contribution is -2.24. The molecule has 0 radical (unpaired) electrons. The molecule has 0 spiro atoms. The first-order valence-electron chi connectivity index (χ1n) is 6.22. The minimum Gasteiger partial charge on any atom is -0.508 e. The summed E-state index contributed by atoms with van der Waals surface area (Å²) in [6, 6.07) is 9.14. The van der Waals surface area contributed by atoms with E-state index in [-0.39, 0.29) is 29.8 Å². The molecule has 20 heavy (non-hydrogen) atoms. The van der Waals surface area contributed by atoms with Crippen LogP contribution in [0.5, 0.6) is 23.0 Å². The SMILES string of the molecule is Oc1ccc(C2COc3cc(O)c(O)cc3C2O)cc1. The lowest BCUT2D eigenvalue weighted by molar-refractivity contribution is 0.0883. The Balaban J connectivity index is 1.98. The van der Waals surface area contributed by atoms with E-state index in [1.807, 2.05) is 0 Å². The molecular formula is C15H14O5. The van der Waals surface area contributed by atoms with Crippen LogP contribution in [0, 0.1) is 0 Å². The van der Waals surface area contributed by atoms with Gasteiger partial charge < -0.3 is 25.2 Å². The molecule has 2 unspecified atom stereocenters. The summed E-state index contributed by atoms with van der Waals surface area (Å²) in [4.78, 5) is 0. The standard InChI is InChI=1S/C15H14O5/c16-9-3-1-8(2-4-9)11-7-20-14-6-13(18)12(17)5-10(14)15(11)19/h1-6,11,15-19H,7H2. The van der Waals surface area contributed by atoms with E-state index in [0.29, 0.717) is 11.3 Å². The summed E-state index contributed by atoms with van der Waals surface area (Å²) in [5.74, 6) is -0.352. The van der Waals surface area contributed by atoms with E-state index < -0.39 is 6.10 Å². The number of hydrogen-bond acceptors (Lipinski definition) is 5. The molecule has 5 nitrogen and oxygen atoms in total. The van der Waals surface area contributed by atoms with Gasteiger partial charge >= 0.3 is 0 Å². The van der Waals surface area contributed by atoms with Crippen molar-refractivity contribution >= 4 is 0 Å². The highest BCUT2D eigenvalue weighted by molar-refractivity contribution is 5.51. The number of ether oxygens (including phenoxy) is 1. The van der Waals surface area contributed by atoms with Crippen molar-refractivity contribution < 1.29 is 25.2 Å². The van der Waals surface area contributed by atoms with E-state index in [2.05, 4.69) is 0 Å². The monoisotopic (exact) mass is 274 g/mol. The number of hydrogen-bond donors (Lipinski definition) is 4. The van der Waals surface area contributed by atoms with Crippen LogP contribution in [0.25, 0.3) is 0 Å². The maximum atomic E-state index is 10.4. The van der Waals surface area contributed by atoms with Crippen molar-refractivity contribution in [3.63, 3.8) is 0 Å². The van der Waals surface area contributed by atoms with E-state index in [1.54, 1.807) is 24.3 Å². The van der Waals surface area contributed by atoms with Gasteiger partial charge in [-0.25, -0.2) is 0 Å². The summed E-state index contributed by atoms with van der Waals surface area (Å²) in [6.07, 6.45) is -0.852. The van der Waals surface area contributed by atoms with Gasteiger partial charge in [0.05, 0.1) is 12.7 Å². The van der Waals surface area contributed by atoms with Gasteiger partial charge in [-0.1, -0.05) is 12.1 Å². The third kappa shape index (κ3) is 2.02. The molecule has 5 heteroatoms. The molecule has 0 saturated carbocycles. The van der Waals surface area contributed by atoms with Crippen LogP contribution in [-0.4, -0.2) is 27.0 Å². The minimum atomic E-state index is -0.852. The van der Waals surface area contributed by atoms with Crippen LogP contribution >= 0.6 is 0 Å². The van der Waals surface area contributed by atoms with Gasteiger partial charge in [0.1, 0.15) is 11.5 Å². The first-order valence-corrected chi connectivity index (χ1v) is 6.22. The molecule has 0 bridgehead atoms. The topological polar surface area (TPSA) is 90.2 Å². The highest BCUT2D eigenvalue weighted by Gasteiger charge is 2.31. The predicted octanol–water partition coefficient (Wildman–Crippen LogP) is 2.01. The normalized spacial score (nSPS) is 21.1. The van der Waals surface area contributed by atoms with E-state index in [4.69, 9.17) is 4.74 Å². The van der Waals surface area contributed by atoms with Crippen LogP contribution < -0.4 is 4.74 Å². The van der Waals surface area contributed by atoms with Crippen LogP contribution in [0.3, 0.4) is 0 Å². The van der Waals surface area contributed by atoms with Gasteiger partial charge in [-0.2, -0.15) is 0 Å². The van der Waals surface area contributed by atoms with Gasteiger partial charge in [0.25, 0.3) is 0 Å². The van der Waals surface area contributed by atoms with Crippen molar-refractivity contribution in [2.24, 2.45) is 0 Å². The molecule has 0 aromatic heterocycles. The number of rotatable bonds is 1. The fourth-order valence-corrected chi connectivity index (χ4v) is 2.42. The van der Waals surface area contributed by atoms with Crippen LogP contribution in [0.1, 0.15) is 23.1 Å². The molecule has 4 N–H and O–H groups in total. The quantitative estimate of drug-likeness (QED) is 0.597. The third-order valence-corrected chi connectivity index (χ3v) is 3.55. The molecule has 3 rings (SSSR count). The summed E-state index contributed by atoms with van der Waals surface area (Å²) < 4.78 is 5.53. The molecule has 104 valence electrons. The Labute approximate surface area is 115 Å². The minimum absolute atomic E-state index is 0.155. The first-order chi connectivity index (χ1) is 9.56. The highest BCUT2D eigenvalue weighted by atomic mass is 16.5. The van der Waals surface area contributed by atoms with Crippen LogP contribution in [0.15, 0.2) is 36.4 Å². The zero-order valence-electron chi connectivity index (χ0n) is 10.5. The van der Waals surface area contributed by atoms with E-state index in [9.17, 15) is 20.4 Å². The molecule has 2 atom stereocenters. The molecule has 1 heterocycles. The van der Waals surface area contributed by atoms with Crippen molar-refractivity contribution in [1.29, 1.82) is 0 Å². The average Bonchev–Trinajstić information content (AvgIpc) is 2.43. The van der Waals surface area contributed by atoms with Gasteiger partial charge in [0.15, 0.2) is 11.5 Å². The first kappa shape index (κ1) is 12.6. The van der Waals surface area contributed by atoms with Crippen LogP contribution in [0.4, 0.5) is 0 Å². The molecule has 0 aliphatic carbocycles. The van der Waals surface area contributed by atoms with E-state index in [0.717, 1.165) is 5.56 Å². The number of aliphatic hydroxyl groups excluding tert-OH is 1. The molecule has 1 aliphatic heterocycles. The summed E-state index contributed by atoms with van der Waals surface area (Å²) in [5.41, 5.74) is 1.26. The van der Waals surface area contributed by atoms with Gasteiger partial charge in [0.2, 0.25) is 0 Å². The number of benzene rings is 2. The zero-order valence-corrected chi connectivity index (χ0v) is 10.5. The average molecular weight is 274 g/mol. The molecule has 2 aromatic carbocycles. The second-order valence-corrected chi connectivity index (χ2v) is 4.83. The van der Waals surface area contributed by atoms with E-state index >= 15 is 0 Å². The molecule has 0 amide bonds. The molecule has 0 saturated heterocycles. The molecular weight excluding hydrogens is 260 g/mol. The summed E-state index contributed by atoms with van der Waals surface area (Å²) in [7, 11) is 0. The lowest BCUT2D eigenvalue weighted by Gasteiger charge is -2.30. The lowest BCUT2D eigenvalue weighted by atomic mass is 9.87. The Bertz CT molecular complexity index is 635. The van der Waals surface area contributed by atoms with Crippen molar-refractivity contribution in [3.8, 4) is 23.0 Å². The van der Waals surface area contributed by atoms with Crippen LogP contribution in [-0.2, 0) is 0 Å². The third-order valence-electron chi connectivity index (χ3n) is 3.55. The number of phenolic OH excluding ortho intramolecular Hbond substituents is 3. The highest BCUT2D eigenvalue weighted by Crippen LogP contribution is 2.44.